The van der Waals surface area contributed by atoms with E-state index in [1.54, 1.807) is 0 Å². The highest BCUT2D eigenvalue weighted by atomic mass is 14.9. The Balaban J connectivity index is 1.67. The molecule has 2 heteroatoms. The van der Waals surface area contributed by atoms with Gasteiger partial charge in [0, 0.05) is 6.54 Å². The van der Waals surface area contributed by atoms with Crippen LogP contribution in [0.25, 0.3) is 11.1 Å². The Hall–Kier alpha value is -2.89. The maximum atomic E-state index is 9.72. The fourth-order valence-electron chi connectivity index (χ4n) is 3.50. The van der Waals surface area contributed by atoms with Crippen LogP contribution in [0.15, 0.2) is 72.8 Å². The van der Waals surface area contributed by atoms with Crippen molar-refractivity contribution in [2.45, 2.75) is 19.0 Å². The van der Waals surface area contributed by atoms with Crippen LogP contribution in [-0.4, -0.2) is 0 Å². The first-order valence-electron chi connectivity index (χ1n) is 8.24. The minimum atomic E-state index is -0.314. The lowest BCUT2D eigenvalue weighted by atomic mass is 9.95. The number of nitrogens with one attached hydrogen (secondary N) is 1. The largest absolute Gasteiger partial charge is 0.294 e. The Morgan fingerprint density at radius 3 is 2.46 bits per heavy atom. The molecule has 2 nitrogen and oxygen atoms in total. The first-order chi connectivity index (χ1) is 11.9. The van der Waals surface area contributed by atoms with E-state index < -0.39 is 0 Å². The van der Waals surface area contributed by atoms with E-state index in [9.17, 15) is 5.26 Å². The Kier molecular flexibility index (Phi) is 3.86. The van der Waals surface area contributed by atoms with Crippen LogP contribution in [0.1, 0.15) is 28.3 Å². The number of fused-ring (bicyclic) bond motifs is 3. The van der Waals surface area contributed by atoms with Crippen molar-refractivity contribution < 1.29 is 0 Å². The van der Waals surface area contributed by atoms with Crippen molar-refractivity contribution in [3.8, 4) is 17.2 Å². The molecule has 0 unspecified atom stereocenters. The first kappa shape index (κ1) is 14.7. The molecule has 3 aromatic rings. The van der Waals surface area contributed by atoms with Gasteiger partial charge in [0.25, 0.3) is 0 Å². The van der Waals surface area contributed by atoms with E-state index in [-0.39, 0.29) is 6.04 Å². The number of nitrogens with zero attached hydrogens (tertiary/aromatic N) is 1. The Bertz CT molecular complexity index is 907. The van der Waals surface area contributed by atoms with E-state index >= 15 is 0 Å². The molecule has 0 bridgehead atoms. The Labute approximate surface area is 142 Å². The van der Waals surface area contributed by atoms with Gasteiger partial charge in [-0.25, -0.2) is 0 Å². The molecule has 24 heavy (non-hydrogen) atoms. The number of nitriles is 1. The summed E-state index contributed by atoms with van der Waals surface area (Å²) in [5, 5.41) is 13.1. The second-order valence-electron chi connectivity index (χ2n) is 6.14. The molecular weight excluding hydrogens is 292 g/mol. The molecule has 0 saturated carbocycles. The molecule has 0 saturated heterocycles. The highest BCUT2D eigenvalue weighted by Crippen LogP contribution is 2.40. The summed E-state index contributed by atoms with van der Waals surface area (Å²) >= 11 is 0. The molecule has 0 amide bonds. The van der Waals surface area contributed by atoms with Crippen molar-refractivity contribution in [3.05, 3.63) is 95.1 Å². The average Bonchev–Trinajstić information content (AvgIpc) is 3.02. The number of hydrogen-bond acceptors (Lipinski definition) is 2. The third-order valence-corrected chi connectivity index (χ3v) is 4.64. The Morgan fingerprint density at radius 1 is 0.875 bits per heavy atom. The first-order valence-corrected chi connectivity index (χ1v) is 8.24. The third-order valence-electron chi connectivity index (χ3n) is 4.64. The van der Waals surface area contributed by atoms with Crippen molar-refractivity contribution in [2.24, 2.45) is 0 Å². The molecule has 0 fully saturated rings. The van der Waals surface area contributed by atoms with Crippen LogP contribution >= 0.6 is 0 Å². The van der Waals surface area contributed by atoms with Gasteiger partial charge in [-0.05, 0) is 39.8 Å². The van der Waals surface area contributed by atoms with Gasteiger partial charge in [-0.15, -0.1) is 0 Å². The van der Waals surface area contributed by atoms with Gasteiger partial charge in [-0.1, -0.05) is 72.8 Å². The molecule has 0 aliphatic heterocycles. The van der Waals surface area contributed by atoms with Crippen LogP contribution in [0.4, 0.5) is 0 Å². The van der Waals surface area contributed by atoms with Crippen LogP contribution in [0.3, 0.4) is 0 Å². The molecule has 0 spiro atoms. The minimum Gasteiger partial charge on any atom is -0.294 e. The summed E-state index contributed by atoms with van der Waals surface area (Å²) in [5.41, 5.74) is 7.43. The predicted molar refractivity (Wildman–Crippen MR) is 96.3 cm³/mol. The summed E-state index contributed by atoms with van der Waals surface area (Å²) < 4.78 is 0. The normalized spacial score (nSPS) is 13.0. The lowest BCUT2D eigenvalue weighted by molar-refractivity contribution is 0.631. The maximum absolute atomic E-state index is 9.72. The molecule has 1 N–H and O–H groups in total. The highest BCUT2D eigenvalue weighted by molar-refractivity contribution is 5.80. The van der Waals surface area contributed by atoms with Gasteiger partial charge in [0.05, 0.1) is 6.07 Å². The van der Waals surface area contributed by atoms with Crippen LogP contribution in [0, 0.1) is 11.3 Å². The van der Waals surface area contributed by atoms with Crippen LogP contribution in [-0.2, 0) is 13.0 Å². The summed E-state index contributed by atoms with van der Waals surface area (Å²) in [5.74, 6) is 0. The van der Waals surface area contributed by atoms with Gasteiger partial charge < -0.3 is 0 Å². The monoisotopic (exact) mass is 310 g/mol. The lowest BCUT2D eigenvalue weighted by Crippen LogP contribution is -2.20. The standard InChI is InChI=1S/C22H18N2/c23-14-21(24-15-16-7-2-1-3-8-16)20-12-6-10-18-13-17-9-4-5-11-19(17)22(18)20/h1-12,21,24H,13,15H2/t21-/m0/s1. The molecule has 1 aliphatic rings. The topological polar surface area (TPSA) is 35.8 Å². The summed E-state index contributed by atoms with van der Waals surface area (Å²) in [6.45, 7) is 0.685. The molecule has 1 atom stereocenters. The summed E-state index contributed by atoms with van der Waals surface area (Å²) in [6, 6.07) is 27.1. The second kappa shape index (κ2) is 6.31. The zero-order chi connectivity index (χ0) is 16.4. The number of benzene rings is 3. The van der Waals surface area contributed by atoms with Gasteiger partial charge in [0.2, 0.25) is 0 Å². The highest BCUT2D eigenvalue weighted by Gasteiger charge is 2.24. The molecule has 116 valence electrons. The van der Waals surface area contributed by atoms with Gasteiger partial charge >= 0.3 is 0 Å². The van der Waals surface area contributed by atoms with Crippen molar-refractivity contribution in [2.75, 3.05) is 0 Å². The van der Waals surface area contributed by atoms with Crippen molar-refractivity contribution in [3.63, 3.8) is 0 Å². The summed E-state index contributed by atoms with van der Waals surface area (Å²) in [7, 11) is 0. The van der Waals surface area contributed by atoms with E-state index in [1.165, 1.54) is 27.8 Å². The van der Waals surface area contributed by atoms with Crippen LogP contribution in [0.5, 0.6) is 0 Å². The van der Waals surface area contributed by atoms with E-state index in [0.717, 1.165) is 12.0 Å². The predicted octanol–water partition coefficient (Wildman–Crippen LogP) is 4.61. The van der Waals surface area contributed by atoms with Gasteiger partial charge in [0.15, 0.2) is 0 Å². The smallest absolute Gasteiger partial charge is 0.122 e. The molecule has 4 rings (SSSR count). The second-order valence-corrected chi connectivity index (χ2v) is 6.14. The van der Waals surface area contributed by atoms with Gasteiger partial charge in [0.1, 0.15) is 6.04 Å². The van der Waals surface area contributed by atoms with Crippen molar-refractivity contribution in [1.82, 2.24) is 5.32 Å². The quantitative estimate of drug-likeness (QED) is 0.597. The molecule has 0 aromatic heterocycles. The maximum Gasteiger partial charge on any atom is 0.122 e. The van der Waals surface area contributed by atoms with Crippen LogP contribution in [0.2, 0.25) is 0 Å². The third kappa shape index (κ3) is 2.60. The fraction of sp³-hybridized carbons (Fsp3) is 0.136. The minimum absolute atomic E-state index is 0.314. The molecule has 3 aromatic carbocycles. The number of hydrogen-bond donors (Lipinski definition) is 1. The van der Waals surface area contributed by atoms with Crippen LogP contribution < -0.4 is 5.32 Å². The summed E-state index contributed by atoms with van der Waals surface area (Å²) in [4.78, 5) is 0. The molecule has 1 aliphatic carbocycles. The lowest BCUT2D eigenvalue weighted by Gasteiger charge is -2.16. The van der Waals surface area contributed by atoms with Gasteiger partial charge in [-0.3, -0.25) is 5.32 Å². The molecular formula is C22H18N2. The van der Waals surface area contributed by atoms with E-state index in [1.807, 2.05) is 18.2 Å². The van der Waals surface area contributed by atoms with E-state index in [4.69, 9.17) is 0 Å². The van der Waals surface area contributed by atoms with Gasteiger partial charge in [-0.2, -0.15) is 5.26 Å². The summed E-state index contributed by atoms with van der Waals surface area (Å²) in [6.07, 6.45) is 0.955. The SMILES string of the molecule is N#C[C@H](NCc1ccccc1)c1cccc2c1-c1ccccc1C2. The van der Waals surface area contributed by atoms with E-state index in [2.05, 4.69) is 66.0 Å². The van der Waals surface area contributed by atoms with Crippen molar-refractivity contribution in [1.29, 1.82) is 5.26 Å². The average molecular weight is 310 g/mol. The molecule has 0 heterocycles. The van der Waals surface area contributed by atoms with Crippen molar-refractivity contribution >= 4 is 0 Å². The zero-order valence-electron chi connectivity index (χ0n) is 13.4. The Morgan fingerprint density at radius 2 is 1.62 bits per heavy atom. The molecule has 0 radical (unpaired) electrons. The van der Waals surface area contributed by atoms with E-state index in [0.29, 0.717) is 6.54 Å². The fourth-order valence-corrected chi connectivity index (χ4v) is 3.50. The number of rotatable bonds is 4. The zero-order valence-corrected chi connectivity index (χ0v) is 13.4.